The highest BCUT2D eigenvalue weighted by Crippen LogP contribution is 2.29. The van der Waals surface area contributed by atoms with Gasteiger partial charge in [-0.3, -0.25) is 9.59 Å². The smallest absolute Gasteiger partial charge is 0.245 e. The average Bonchev–Trinajstić information content (AvgIpc) is 3.03. The second kappa shape index (κ2) is 9.25. The molecule has 0 atom stereocenters. The number of hydrogen-bond acceptors (Lipinski definition) is 3. The van der Waals surface area contributed by atoms with E-state index in [0.29, 0.717) is 18.3 Å². The molecule has 0 aliphatic heterocycles. The van der Waals surface area contributed by atoms with E-state index in [4.69, 9.17) is 5.10 Å². The Kier molecular flexibility index (Phi) is 6.87. The molecule has 1 aliphatic rings. The summed E-state index contributed by atoms with van der Waals surface area (Å²) in [6.45, 7) is 13.1. The minimum atomic E-state index is -0.191. The Morgan fingerprint density at radius 3 is 2.45 bits per heavy atom. The molecule has 0 bridgehead atoms. The van der Waals surface area contributed by atoms with Gasteiger partial charge in [0.15, 0.2) is 0 Å². The fourth-order valence-electron chi connectivity index (χ4n) is 3.76. The number of hydrogen-bond donors (Lipinski definition) is 1. The summed E-state index contributed by atoms with van der Waals surface area (Å²) in [5, 5.41) is 7.83. The summed E-state index contributed by atoms with van der Waals surface area (Å²) in [6.07, 6.45) is 2.97. The maximum absolute atomic E-state index is 13.0. The van der Waals surface area contributed by atoms with Gasteiger partial charge in [0.25, 0.3) is 0 Å². The molecule has 1 aliphatic carbocycles. The van der Waals surface area contributed by atoms with Crippen molar-refractivity contribution in [3.05, 3.63) is 41.6 Å². The van der Waals surface area contributed by atoms with Crippen molar-refractivity contribution in [2.75, 3.05) is 18.4 Å². The van der Waals surface area contributed by atoms with Crippen LogP contribution < -0.4 is 5.32 Å². The number of nitrogens with one attached hydrogen (secondary N) is 1. The van der Waals surface area contributed by atoms with Crippen molar-refractivity contribution in [2.24, 2.45) is 11.8 Å². The Bertz CT molecular complexity index is 935. The number of para-hydroxylation sites is 1. The average molecular weight is 425 g/mol. The molecule has 6 heteroatoms. The summed E-state index contributed by atoms with van der Waals surface area (Å²) < 4.78 is 1.80. The van der Waals surface area contributed by atoms with Crippen LogP contribution in [0.3, 0.4) is 0 Å². The summed E-state index contributed by atoms with van der Waals surface area (Å²) in [6, 6.07) is 9.91. The van der Waals surface area contributed by atoms with Crippen LogP contribution in [0.25, 0.3) is 5.69 Å². The molecule has 2 aromatic rings. The van der Waals surface area contributed by atoms with Gasteiger partial charge in [-0.25, -0.2) is 4.68 Å². The molecule has 3 rings (SSSR count). The third-order valence-electron chi connectivity index (χ3n) is 5.77. The van der Waals surface area contributed by atoms with Gasteiger partial charge in [0.1, 0.15) is 5.82 Å². The molecule has 0 saturated heterocycles. The van der Waals surface area contributed by atoms with Crippen molar-refractivity contribution in [3.8, 4) is 5.69 Å². The van der Waals surface area contributed by atoms with Gasteiger partial charge in [0.2, 0.25) is 11.8 Å². The number of amides is 2. The van der Waals surface area contributed by atoms with Crippen LogP contribution in [0.2, 0.25) is 0 Å². The van der Waals surface area contributed by atoms with Gasteiger partial charge in [0, 0.05) is 23.9 Å². The molecule has 1 aromatic carbocycles. The molecular weight excluding hydrogens is 388 g/mol. The van der Waals surface area contributed by atoms with Crippen LogP contribution in [-0.4, -0.2) is 39.6 Å². The number of rotatable bonds is 7. The number of nitrogens with zero attached hydrogens (tertiary/aromatic N) is 3. The first-order valence-corrected chi connectivity index (χ1v) is 11.3. The topological polar surface area (TPSA) is 67.2 Å². The lowest BCUT2D eigenvalue weighted by Gasteiger charge is -2.32. The normalized spacial score (nSPS) is 14.4. The lowest BCUT2D eigenvalue weighted by atomic mass is 9.84. The Labute approximate surface area is 186 Å². The number of carbonyl (C=O) groups excluding carboxylic acids is 2. The quantitative estimate of drug-likeness (QED) is 0.700. The van der Waals surface area contributed by atoms with Crippen molar-refractivity contribution in [1.29, 1.82) is 0 Å². The largest absolute Gasteiger partial charge is 0.333 e. The monoisotopic (exact) mass is 424 g/mol. The van der Waals surface area contributed by atoms with Crippen molar-refractivity contribution in [1.82, 2.24) is 14.7 Å². The second-order valence-corrected chi connectivity index (χ2v) is 10.2. The molecular formula is C25H36N4O2. The van der Waals surface area contributed by atoms with Crippen molar-refractivity contribution in [3.63, 3.8) is 0 Å². The Morgan fingerprint density at radius 2 is 1.90 bits per heavy atom. The molecule has 31 heavy (non-hydrogen) atoms. The predicted octanol–water partition coefficient (Wildman–Crippen LogP) is 4.70. The molecule has 168 valence electrons. The third kappa shape index (κ3) is 5.54. The zero-order chi connectivity index (χ0) is 22.8. The molecule has 0 spiro atoms. The number of aryl methyl sites for hydroxylation is 1. The minimum absolute atomic E-state index is 0.0668. The van der Waals surface area contributed by atoms with Gasteiger partial charge in [-0.2, -0.15) is 5.10 Å². The SMILES string of the molecule is Cc1ccccc1-n1nc(C(C)(C)C)cc1NC(=O)CN(CC(C)C)C(=O)C1CCC1. The zero-order valence-electron chi connectivity index (χ0n) is 19.7. The zero-order valence-corrected chi connectivity index (χ0v) is 19.7. The van der Waals surface area contributed by atoms with Crippen LogP contribution in [-0.2, 0) is 15.0 Å². The van der Waals surface area contributed by atoms with E-state index in [9.17, 15) is 9.59 Å². The van der Waals surface area contributed by atoms with Gasteiger partial charge in [-0.05, 0) is 37.3 Å². The highest BCUT2D eigenvalue weighted by Gasteiger charge is 2.31. The third-order valence-corrected chi connectivity index (χ3v) is 5.77. The molecule has 1 saturated carbocycles. The van der Waals surface area contributed by atoms with Gasteiger partial charge < -0.3 is 10.2 Å². The van der Waals surface area contributed by atoms with Gasteiger partial charge in [-0.1, -0.05) is 59.2 Å². The number of anilines is 1. The fraction of sp³-hybridized carbons (Fsp3) is 0.560. The molecule has 1 aromatic heterocycles. The van der Waals surface area contributed by atoms with E-state index in [0.717, 1.165) is 36.2 Å². The van der Waals surface area contributed by atoms with E-state index >= 15 is 0 Å². The van der Waals surface area contributed by atoms with E-state index in [-0.39, 0.29) is 29.7 Å². The van der Waals surface area contributed by atoms with Crippen LogP contribution >= 0.6 is 0 Å². The molecule has 1 heterocycles. The summed E-state index contributed by atoms with van der Waals surface area (Å²) in [5.74, 6) is 0.935. The van der Waals surface area contributed by atoms with E-state index in [1.807, 2.05) is 37.3 Å². The molecule has 1 N–H and O–H groups in total. The standard InChI is InChI=1S/C25H36N4O2/c1-17(2)15-28(24(31)19-11-9-12-19)16-23(30)26-22-14-21(25(4,5)6)27-29(22)20-13-8-7-10-18(20)3/h7-8,10,13-14,17,19H,9,11-12,15-16H2,1-6H3,(H,26,30). The number of carbonyl (C=O) groups is 2. The lowest BCUT2D eigenvalue weighted by molar-refractivity contribution is -0.141. The first kappa shape index (κ1) is 23.0. The second-order valence-electron chi connectivity index (χ2n) is 10.2. The van der Waals surface area contributed by atoms with Crippen molar-refractivity contribution < 1.29 is 9.59 Å². The van der Waals surface area contributed by atoms with Crippen LogP contribution in [0.15, 0.2) is 30.3 Å². The first-order valence-electron chi connectivity index (χ1n) is 11.3. The maximum atomic E-state index is 13.0. The minimum Gasteiger partial charge on any atom is -0.333 e. The van der Waals surface area contributed by atoms with Crippen LogP contribution in [0, 0.1) is 18.8 Å². The molecule has 6 nitrogen and oxygen atoms in total. The lowest BCUT2D eigenvalue weighted by Crippen LogP contribution is -2.44. The highest BCUT2D eigenvalue weighted by atomic mass is 16.2. The Balaban J connectivity index is 1.84. The van der Waals surface area contributed by atoms with E-state index in [1.165, 1.54) is 0 Å². The van der Waals surface area contributed by atoms with Gasteiger partial charge >= 0.3 is 0 Å². The van der Waals surface area contributed by atoms with Crippen LogP contribution in [0.4, 0.5) is 5.82 Å². The van der Waals surface area contributed by atoms with Crippen molar-refractivity contribution in [2.45, 2.75) is 66.2 Å². The number of benzene rings is 1. The maximum Gasteiger partial charge on any atom is 0.245 e. The van der Waals surface area contributed by atoms with Crippen LogP contribution in [0.5, 0.6) is 0 Å². The predicted molar refractivity (Wildman–Crippen MR) is 124 cm³/mol. The number of aromatic nitrogens is 2. The summed E-state index contributed by atoms with van der Waals surface area (Å²) >= 11 is 0. The molecule has 1 fully saturated rings. The summed E-state index contributed by atoms with van der Waals surface area (Å²) in [5.41, 5.74) is 2.74. The molecule has 2 amide bonds. The molecule has 0 radical (unpaired) electrons. The van der Waals surface area contributed by atoms with Gasteiger partial charge in [0.05, 0.1) is 17.9 Å². The van der Waals surface area contributed by atoms with Crippen LogP contribution in [0.1, 0.15) is 65.1 Å². The van der Waals surface area contributed by atoms with E-state index < -0.39 is 0 Å². The van der Waals surface area contributed by atoms with Crippen molar-refractivity contribution >= 4 is 17.6 Å². The summed E-state index contributed by atoms with van der Waals surface area (Å²) in [4.78, 5) is 27.6. The first-order chi connectivity index (χ1) is 14.6. The Hall–Kier alpha value is -2.63. The highest BCUT2D eigenvalue weighted by molar-refractivity contribution is 5.94. The fourth-order valence-corrected chi connectivity index (χ4v) is 3.76. The molecule has 0 unspecified atom stereocenters. The van der Waals surface area contributed by atoms with E-state index in [2.05, 4.69) is 39.9 Å². The van der Waals surface area contributed by atoms with E-state index in [1.54, 1.807) is 9.58 Å². The van der Waals surface area contributed by atoms with Gasteiger partial charge in [-0.15, -0.1) is 0 Å². The summed E-state index contributed by atoms with van der Waals surface area (Å²) in [7, 11) is 0. The Morgan fingerprint density at radius 1 is 1.23 bits per heavy atom.